The van der Waals surface area contributed by atoms with Crippen LogP contribution in [0.4, 0.5) is 0 Å². The highest BCUT2D eigenvalue weighted by molar-refractivity contribution is 5.80. The monoisotopic (exact) mass is 190 g/mol. The van der Waals surface area contributed by atoms with Crippen LogP contribution >= 0.6 is 0 Å². The summed E-state index contributed by atoms with van der Waals surface area (Å²) in [6.07, 6.45) is 3.50. The zero-order chi connectivity index (χ0) is 9.97. The zero-order valence-corrected chi connectivity index (χ0v) is 8.29. The third kappa shape index (κ3) is 1.76. The molecule has 0 saturated carbocycles. The van der Waals surface area contributed by atoms with E-state index >= 15 is 0 Å². The highest BCUT2D eigenvalue weighted by atomic mass is 16.2. The third-order valence-electron chi connectivity index (χ3n) is 2.72. The van der Waals surface area contributed by atoms with Crippen LogP contribution in [0.5, 0.6) is 0 Å². The molecule has 0 radical (unpaired) electrons. The highest BCUT2D eigenvalue weighted by Gasteiger charge is 2.24. The van der Waals surface area contributed by atoms with Crippen molar-refractivity contribution in [2.45, 2.75) is 19.8 Å². The Hall–Kier alpha value is -1.38. The number of nitrogens with zero attached hydrogens (tertiary/aromatic N) is 1. The number of aromatic nitrogens is 1. The summed E-state index contributed by atoms with van der Waals surface area (Å²) in [6, 6.07) is 3.96. The third-order valence-corrected chi connectivity index (χ3v) is 2.72. The zero-order valence-electron chi connectivity index (χ0n) is 8.29. The predicted octanol–water partition coefficient (Wildman–Crippen LogP) is 1.07. The maximum absolute atomic E-state index is 11.4. The molecule has 1 aromatic rings. The summed E-state index contributed by atoms with van der Waals surface area (Å²) in [5.41, 5.74) is 2.22. The first-order valence-electron chi connectivity index (χ1n) is 4.95. The molecule has 2 rings (SSSR count). The van der Waals surface area contributed by atoms with Crippen LogP contribution in [-0.2, 0) is 11.2 Å². The molecule has 0 aliphatic carbocycles. The van der Waals surface area contributed by atoms with Crippen molar-refractivity contribution in [2.75, 3.05) is 6.54 Å². The van der Waals surface area contributed by atoms with Crippen LogP contribution in [0, 0.1) is 12.8 Å². The van der Waals surface area contributed by atoms with E-state index in [0.29, 0.717) is 0 Å². The van der Waals surface area contributed by atoms with E-state index in [1.54, 1.807) is 6.20 Å². The summed E-state index contributed by atoms with van der Waals surface area (Å²) in [5.74, 6) is 0.304. The fraction of sp³-hybridized carbons (Fsp3) is 0.455. The second-order valence-electron chi connectivity index (χ2n) is 3.75. The Morgan fingerprint density at radius 3 is 3.14 bits per heavy atom. The van der Waals surface area contributed by atoms with Crippen LogP contribution in [0.1, 0.15) is 17.7 Å². The molecular formula is C11H14N2O. The number of hydrogen-bond donors (Lipinski definition) is 1. The molecule has 1 saturated heterocycles. The Balaban J connectivity index is 2.10. The molecule has 1 fully saturated rings. The molecule has 14 heavy (non-hydrogen) atoms. The van der Waals surface area contributed by atoms with E-state index in [0.717, 1.165) is 25.1 Å². The number of pyridine rings is 1. The minimum absolute atomic E-state index is 0.128. The lowest BCUT2D eigenvalue weighted by molar-refractivity contribution is -0.122. The minimum atomic E-state index is 0.128. The number of hydrogen-bond acceptors (Lipinski definition) is 2. The van der Waals surface area contributed by atoms with Crippen LogP contribution in [0.15, 0.2) is 18.3 Å². The number of carbonyl (C=O) groups excluding carboxylic acids is 1. The average Bonchev–Trinajstić information content (AvgIpc) is 2.56. The lowest BCUT2D eigenvalue weighted by Gasteiger charge is -2.07. The van der Waals surface area contributed by atoms with Gasteiger partial charge in [0.05, 0.1) is 0 Å². The normalized spacial score (nSPS) is 20.9. The topological polar surface area (TPSA) is 42.0 Å². The quantitative estimate of drug-likeness (QED) is 0.758. The molecule has 2 heterocycles. The van der Waals surface area contributed by atoms with E-state index in [1.807, 2.05) is 19.1 Å². The van der Waals surface area contributed by atoms with Crippen LogP contribution < -0.4 is 5.32 Å². The molecule has 1 atom stereocenters. The van der Waals surface area contributed by atoms with Gasteiger partial charge >= 0.3 is 0 Å². The van der Waals surface area contributed by atoms with Gasteiger partial charge in [0.1, 0.15) is 0 Å². The lowest BCUT2D eigenvalue weighted by Crippen LogP contribution is -2.20. The Morgan fingerprint density at radius 2 is 2.50 bits per heavy atom. The largest absolute Gasteiger partial charge is 0.356 e. The average molecular weight is 190 g/mol. The Labute approximate surface area is 83.5 Å². The van der Waals surface area contributed by atoms with Gasteiger partial charge in [-0.1, -0.05) is 6.07 Å². The molecule has 1 N–H and O–H groups in total. The van der Waals surface area contributed by atoms with Gasteiger partial charge in [-0.25, -0.2) is 0 Å². The van der Waals surface area contributed by atoms with E-state index in [-0.39, 0.29) is 11.8 Å². The summed E-state index contributed by atoms with van der Waals surface area (Å²) in [7, 11) is 0. The summed E-state index contributed by atoms with van der Waals surface area (Å²) in [5, 5.41) is 2.84. The van der Waals surface area contributed by atoms with Crippen molar-refractivity contribution in [3.05, 3.63) is 29.6 Å². The second-order valence-corrected chi connectivity index (χ2v) is 3.75. The van der Waals surface area contributed by atoms with E-state index in [4.69, 9.17) is 0 Å². The number of rotatable bonds is 2. The number of nitrogens with one attached hydrogen (secondary N) is 1. The Morgan fingerprint density at radius 1 is 1.64 bits per heavy atom. The van der Waals surface area contributed by atoms with Gasteiger partial charge in [0.15, 0.2) is 0 Å². The fourth-order valence-electron chi connectivity index (χ4n) is 1.81. The van der Waals surface area contributed by atoms with E-state index in [1.165, 1.54) is 5.56 Å². The first-order chi connectivity index (χ1) is 6.77. The molecule has 0 aromatic carbocycles. The van der Waals surface area contributed by atoms with E-state index in [9.17, 15) is 4.79 Å². The molecule has 1 amide bonds. The van der Waals surface area contributed by atoms with Gasteiger partial charge in [0, 0.05) is 30.8 Å². The maximum Gasteiger partial charge on any atom is 0.223 e. The van der Waals surface area contributed by atoms with Crippen LogP contribution in [0.25, 0.3) is 0 Å². The van der Waals surface area contributed by atoms with Gasteiger partial charge in [0.25, 0.3) is 0 Å². The van der Waals surface area contributed by atoms with Gasteiger partial charge in [-0.2, -0.15) is 0 Å². The number of amides is 1. The van der Waals surface area contributed by atoms with E-state index < -0.39 is 0 Å². The van der Waals surface area contributed by atoms with Crippen LogP contribution in [0.2, 0.25) is 0 Å². The summed E-state index contributed by atoms with van der Waals surface area (Å²) in [6.45, 7) is 2.85. The van der Waals surface area contributed by atoms with Crippen molar-refractivity contribution in [1.82, 2.24) is 10.3 Å². The fourth-order valence-corrected chi connectivity index (χ4v) is 1.81. The maximum atomic E-state index is 11.4. The van der Waals surface area contributed by atoms with Crippen molar-refractivity contribution < 1.29 is 4.79 Å². The van der Waals surface area contributed by atoms with Crippen molar-refractivity contribution in [3.8, 4) is 0 Å². The SMILES string of the molecule is Cc1cccnc1CC1CCNC1=O. The second kappa shape index (κ2) is 3.78. The molecule has 0 bridgehead atoms. The molecule has 74 valence electrons. The first-order valence-corrected chi connectivity index (χ1v) is 4.95. The molecule has 0 spiro atoms. The summed E-state index contributed by atoms with van der Waals surface area (Å²) < 4.78 is 0. The van der Waals surface area contributed by atoms with Gasteiger partial charge in [-0.15, -0.1) is 0 Å². The van der Waals surface area contributed by atoms with Crippen LogP contribution in [-0.4, -0.2) is 17.4 Å². The van der Waals surface area contributed by atoms with Crippen molar-refractivity contribution in [2.24, 2.45) is 5.92 Å². The lowest BCUT2D eigenvalue weighted by atomic mass is 9.99. The highest BCUT2D eigenvalue weighted by Crippen LogP contribution is 2.16. The van der Waals surface area contributed by atoms with E-state index in [2.05, 4.69) is 10.3 Å². The standard InChI is InChI=1S/C11H14N2O/c1-8-3-2-5-12-10(8)7-9-4-6-13-11(9)14/h2-3,5,9H,4,6-7H2,1H3,(H,13,14). The van der Waals surface area contributed by atoms with Gasteiger partial charge in [-0.05, 0) is 25.0 Å². The first kappa shape index (κ1) is 9.19. The number of carbonyl (C=O) groups is 1. The van der Waals surface area contributed by atoms with Crippen molar-refractivity contribution >= 4 is 5.91 Å². The van der Waals surface area contributed by atoms with Crippen molar-refractivity contribution in [3.63, 3.8) is 0 Å². The van der Waals surface area contributed by atoms with Crippen LogP contribution in [0.3, 0.4) is 0 Å². The molecule has 1 unspecified atom stereocenters. The molecule has 3 heteroatoms. The molecule has 1 aliphatic rings. The minimum Gasteiger partial charge on any atom is -0.356 e. The Kier molecular flexibility index (Phi) is 2.48. The smallest absolute Gasteiger partial charge is 0.223 e. The summed E-state index contributed by atoms with van der Waals surface area (Å²) >= 11 is 0. The molecule has 3 nitrogen and oxygen atoms in total. The van der Waals surface area contributed by atoms with Gasteiger partial charge in [0.2, 0.25) is 5.91 Å². The van der Waals surface area contributed by atoms with Gasteiger partial charge in [-0.3, -0.25) is 9.78 Å². The van der Waals surface area contributed by atoms with Gasteiger partial charge < -0.3 is 5.32 Å². The molecule has 1 aromatic heterocycles. The predicted molar refractivity (Wildman–Crippen MR) is 53.8 cm³/mol. The number of aryl methyl sites for hydroxylation is 1. The molecular weight excluding hydrogens is 176 g/mol. The van der Waals surface area contributed by atoms with Crippen molar-refractivity contribution in [1.29, 1.82) is 0 Å². The molecule has 1 aliphatic heterocycles. The summed E-state index contributed by atoms with van der Waals surface area (Å²) in [4.78, 5) is 15.6. The Bertz CT molecular complexity index is 349.